The molecule has 12 rings (SSSR count). The Morgan fingerprint density at radius 2 is 0.615 bits per heavy atom. The van der Waals surface area contributed by atoms with Gasteiger partial charge in [-0.2, -0.15) is 0 Å². The minimum atomic E-state index is 1.28. The highest BCUT2D eigenvalue weighted by Crippen LogP contribution is 2.49. The van der Waals surface area contributed by atoms with Crippen LogP contribution in [0.3, 0.4) is 0 Å². The van der Waals surface area contributed by atoms with Crippen molar-refractivity contribution in [3.05, 3.63) is 121 Å². The first kappa shape index (κ1) is 30.0. The molecule has 4 aromatic carbocycles. The van der Waals surface area contributed by atoms with E-state index in [0.29, 0.717) is 0 Å². The molecule has 0 aliphatic rings. The van der Waals surface area contributed by atoms with Crippen LogP contribution in [0.15, 0.2) is 121 Å². The van der Waals surface area contributed by atoms with Crippen molar-refractivity contribution in [3.8, 4) is 40.4 Å². The zero-order valence-corrected chi connectivity index (χ0v) is 32.8. The molecule has 0 N–H and O–H groups in total. The molecule has 8 heterocycles. The number of fused-ring (bicyclic) bond motifs is 9. The van der Waals surface area contributed by atoms with Crippen molar-refractivity contribution in [1.29, 1.82) is 0 Å². The molecule has 0 amide bonds. The average molecular weight is 775 g/mol. The van der Waals surface area contributed by atoms with Gasteiger partial charge in [-0.3, -0.25) is 0 Å². The van der Waals surface area contributed by atoms with Crippen LogP contribution in [0.5, 0.6) is 0 Å². The smallest absolute Gasteiger partial charge is 0.0489 e. The van der Waals surface area contributed by atoms with Gasteiger partial charge in [0.25, 0.3) is 0 Å². The monoisotopic (exact) mass is 774 g/mol. The summed E-state index contributed by atoms with van der Waals surface area (Å²) in [6, 6.07) is 45.7. The standard InChI is InChI=1S/C44H26N2S6/c1-45-29-9-5-3-7-25(29)27-15-23(11-13-31(27)45)33-17-35-37(47-33)19-39(49-35)41-21-43-44(51-41)22-42(52-43)40-20-38-36(50-40)18-34(48-38)24-12-14-32-28(16-24)26-8-4-6-10-30(26)46(32)2/h3-22H,1-2H3. The summed E-state index contributed by atoms with van der Waals surface area (Å²) in [5.74, 6) is 0. The Hall–Kier alpha value is -4.54. The van der Waals surface area contributed by atoms with Crippen LogP contribution < -0.4 is 0 Å². The van der Waals surface area contributed by atoms with E-state index in [1.807, 2.05) is 68.0 Å². The van der Waals surface area contributed by atoms with Crippen LogP contribution in [-0.2, 0) is 14.1 Å². The zero-order valence-electron chi connectivity index (χ0n) is 27.9. The van der Waals surface area contributed by atoms with E-state index in [4.69, 9.17) is 0 Å². The SMILES string of the molecule is Cn1c2ccccc2c2cc(-c3cc4sc(-c5cc6sc(-c7cc8sc(-c9ccc%10c(c9)c9ccccc9n%10C)cc8s7)cc6s5)cc4s3)ccc21. The van der Waals surface area contributed by atoms with Gasteiger partial charge in [-0.1, -0.05) is 48.5 Å². The van der Waals surface area contributed by atoms with E-state index in [2.05, 4.69) is 145 Å². The number of nitrogens with zero attached hydrogens (tertiary/aromatic N) is 2. The lowest BCUT2D eigenvalue weighted by atomic mass is 10.1. The fourth-order valence-electron chi connectivity index (χ4n) is 7.92. The molecule has 0 spiro atoms. The van der Waals surface area contributed by atoms with Gasteiger partial charge < -0.3 is 9.13 Å². The summed E-state index contributed by atoms with van der Waals surface area (Å²) in [5, 5.41) is 5.30. The van der Waals surface area contributed by atoms with Crippen molar-refractivity contribution < 1.29 is 0 Å². The third-order valence-electron chi connectivity index (χ3n) is 10.5. The lowest BCUT2D eigenvalue weighted by molar-refractivity contribution is 1.01. The topological polar surface area (TPSA) is 9.86 Å². The minimum absolute atomic E-state index is 1.28. The quantitative estimate of drug-likeness (QED) is 0.169. The van der Waals surface area contributed by atoms with Gasteiger partial charge >= 0.3 is 0 Å². The van der Waals surface area contributed by atoms with E-state index in [1.54, 1.807) is 0 Å². The molecule has 0 unspecified atom stereocenters. The highest BCUT2D eigenvalue weighted by atomic mass is 32.1. The number of hydrogen-bond acceptors (Lipinski definition) is 6. The fraction of sp³-hybridized carbons (Fsp3) is 0.0455. The van der Waals surface area contributed by atoms with Crippen LogP contribution in [0.1, 0.15) is 0 Å². The highest BCUT2D eigenvalue weighted by Gasteiger charge is 2.18. The predicted octanol–water partition coefficient (Wildman–Crippen LogP) is 15.5. The third-order valence-corrected chi connectivity index (χ3v) is 17.9. The summed E-state index contributed by atoms with van der Waals surface area (Å²) in [5.41, 5.74) is 7.73. The molecule has 248 valence electrons. The van der Waals surface area contributed by atoms with Crippen molar-refractivity contribution in [1.82, 2.24) is 9.13 Å². The molecule has 0 saturated carbocycles. The molecular formula is C44H26N2S6. The van der Waals surface area contributed by atoms with Crippen LogP contribution in [0.25, 0.3) is 112 Å². The van der Waals surface area contributed by atoms with Gasteiger partial charge in [0, 0.05) is 115 Å². The van der Waals surface area contributed by atoms with E-state index >= 15 is 0 Å². The third kappa shape index (κ3) is 4.37. The molecule has 12 aromatic rings. The van der Waals surface area contributed by atoms with Gasteiger partial charge in [-0.15, -0.1) is 68.0 Å². The molecule has 52 heavy (non-hydrogen) atoms. The Bertz CT molecular complexity index is 3080. The number of aryl methyl sites for hydroxylation is 2. The molecule has 0 atom stereocenters. The molecule has 0 fully saturated rings. The number of para-hydroxylation sites is 2. The maximum Gasteiger partial charge on any atom is 0.0489 e. The number of thiophene rings is 6. The Kier molecular flexibility index (Phi) is 6.34. The molecule has 0 aliphatic heterocycles. The summed E-state index contributed by atoms with van der Waals surface area (Å²) in [7, 11) is 4.33. The van der Waals surface area contributed by atoms with E-state index in [-0.39, 0.29) is 0 Å². The second kappa shape index (κ2) is 11.0. The largest absolute Gasteiger partial charge is 0.344 e. The van der Waals surface area contributed by atoms with E-state index < -0.39 is 0 Å². The van der Waals surface area contributed by atoms with Gasteiger partial charge in [0.1, 0.15) is 0 Å². The molecule has 2 nitrogen and oxygen atoms in total. The van der Waals surface area contributed by atoms with Crippen molar-refractivity contribution in [2.24, 2.45) is 14.1 Å². The summed E-state index contributed by atoms with van der Waals surface area (Å²) in [4.78, 5) is 8.18. The normalized spacial score (nSPS) is 12.4. The Morgan fingerprint density at radius 3 is 1.00 bits per heavy atom. The Balaban J connectivity index is 0.824. The van der Waals surface area contributed by atoms with E-state index in [0.717, 1.165) is 0 Å². The second-order valence-electron chi connectivity index (χ2n) is 13.5. The van der Waals surface area contributed by atoms with Gasteiger partial charge in [0.05, 0.1) is 0 Å². The average Bonchev–Trinajstić information content (AvgIpc) is 4.02. The van der Waals surface area contributed by atoms with Gasteiger partial charge in [-0.25, -0.2) is 0 Å². The lowest BCUT2D eigenvalue weighted by Gasteiger charge is -2.00. The van der Waals surface area contributed by atoms with Crippen LogP contribution in [0.4, 0.5) is 0 Å². The van der Waals surface area contributed by atoms with Crippen LogP contribution in [-0.4, -0.2) is 9.13 Å². The molecule has 0 saturated heterocycles. The maximum absolute atomic E-state index is 2.41. The van der Waals surface area contributed by atoms with Crippen molar-refractivity contribution in [2.45, 2.75) is 0 Å². The first-order valence-electron chi connectivity index (χ1n) is 17.1. The maximum atomic E-state index is 2.41. The van der Waals surface area contributed by atoms with Gasteiger partial charge in [-0.05, 0) is 83.9 Å². The van der Waals surface area contributed by atoms with Crippen molar-refractivity contribution in [3.63, 3.8) is 0 Å². The van der Waals surface area contributed by atoms with Crippen molar-refractivity contribution >= 4 is 140 Å². The molecule has 8 aromatic heterocycles. The predicted molar refractivity (Wildman–Crippen MR) is 236 cm³/mol. The number of benzene rings is 4. The summed E-state index contributed by atoms with van der Waals surface area (Å²) in [6.45, 7) is 0. The van der Waals surface area contributed by atoms with E-state index in [9.17, 15) is 0 Å². The molecule has 0 radical (unpaired) electrons. The number of rotatable bonds is 4. The summed E-state index contributed by atoms with van der Waals surface area (Å²) < 4.78 is 12.9. The van der Waals surface area contributed by atoms with Crippen LogP contribution >= 0.6 is 68.0 Å². The lowest BCUT2D eigenvalue weighted by Crippen LogP contribution is -1.85. The highest BCUT2D eigenvalue weighted by molar-refractivity contribution is 7.36. The van der Waals surface area contributed by atoms with Gasteiger partial charge in [0.2, 0.25) is 0 Å². The van der Waals surface area contributed by atoms with Crippen molar-refractivity contribution in [2.75, 3.05) is 0 Å². The molecule has 0 aliphatic carbocycles. The van der Waals surface area contributed by atoms with Gasteiger partial charge in [0.15, 0.2) is 0 Å². The zero-order chi connectivity index (χ0) is 34.2. The number of hydrogen-bond donors (Lipinski definition) is 0. The molecule has 8 heteroatoms. The molecular weight excluding hydrogens is 749 g/mol. The summed E-state index contributed by atoms with van der Waals surface area (Å²) in [6.07, 6.45) is 0. The first-order chi connectivity index (χ1) is 25.5. The Labute approximate surface area is 322 Å². The van der Waals surface area contributed by atoms with Crippen LogP contribution in [0.2, 0.25) is 0 Å². The Morgan fingerprint density at radius 1 is 0.308 bits per heavy atom. The first-order valence-corrected chi connectivity index (χ1v) is 22.0. The number of aromatic nitrogens is 2. The summed E-state index contributed by atoms with van der Waals surface area (Å²) >= 11 is 11.5. The van der Waals surface area contributed by atoms with Crippen LogP contribution in [0, 0.1) is 0 Å². The van der Waals surface area contributed by atoms with E-state index in [1.165, 1.54) is 112 Å². The minimum Gasteiger partial charge on any atom is -0.344 e. The fourth-order valence-corrected chi connectivity index (χ4v) is 15.2. The molecule has 0 bridgehead atoms. The second-order valence-corrected chi connectivity index (χ2v) is 20.0.